The van der Waals surface area contributed by atoms with E-state index in [-0.39, 0.29) is 28.7 Å². The molecule has 2 aromatic carbocycles. The summed E-state index contributed by atoms with van der Waals surface area (Å²) in [5.41, 5.74) is 0.792. The Morgan fingerprint density at radius 1 is 0.941 bits per heavy atom. The standard InChI is InChI=1S/C27H38N2O4S/c1-21-13-15-23(16-14-21)34(30,31)29-27(6,19-24(33-29)22-11-8-7-9-12-22)20-32-28-25(2,3)17-10-18-26(28,4)5/h7-9,11-16,24H,10,17-20H2,1-6H3/t24-,27+/m1/s1. The third-order valence-corrected chi connectivity index (χ3v) is 9.01. The number of piperidine rings is 1. The van der Waals surface area contributed by atoms with Gasteiger partial charge in [0.1, 0.15) is 6.10 Å². The number of benzene rings is 2. The van der Waals surface area contributed by atoms with Gasteiger partial charge in [0.25, 0.3) is 10.0 Å². The first-order valence-corrected chi connectivity index (χ1v) is 13.6. The molecule has 0 saturated carbocycles. The van der Waals surface area contributed by atoms with Crippen LogP contribution < -0.4 is 0 Å². The molecule has 0 amide bonds. The van der Waals surface area contributed by atoms with E-state index >= 15 is 0 Å². The maximum absolute atomic E-state index is 13.8. The maximum Gasteiger partial charge on any atom is 0.265 e. The fourth-order valence-corrected chi connectivity index (χ4v) is 6.99. The van der Waals surface area contributed by atoms with Gasteiger partial charge in [0, 0.05) is 17.5 Å². The smallest absolute Gasteiger partial charge is 0.265 e. The van der Waals surface area contributed by atoms with Gasteiger partial charge in [-0.2, -0.15) is 5.06 Å². The molecule has 34 heavy (non-hydrogen) atoms. The predicted octanol–water partition coefficient (Wildman–Crippen LogP) is 5.80. The molecule has 186 valence electrons. The lowest BCUT2D eigenvalue weighted by molar-refractivity contribution is -0.295. The number of aryl methyl sites for hydroxylation is 1. The summed E-state index contributed by atoms with van der Waals surface area (Å²) in [4.78, 5) is 12.9. The fraction of sp³-hybridized carbons (Fsp3) is 0.556. The monoisotopic (exact) mass is 486 g/mol. The SMILES string of the molecule is Cc1ccc(S(=O)(=O)N2O[C@@H](c3ccccc3)C[C@@]2(C)CON2C(C)(C)CCCC2(C)C)cc1. The summed E-state index contributed by atoms with van der Waals surface area (Å²) in [6, 6.07) is 16.7. The number of nitrogens with zero attached hydrogens (tertiary/aromatic N) is 2. The highest BCUT2D eigenvalue weighted by molar-refractivity contribution is 7.89. The van der Waals surface area contributed by atoms with E-state index in [9.17, 15) is 8.42 Å². The Morgan fingerprint density at radius 3 is 2.12 bits per heavy atom. The van der Waals surface area contributed by atoms with Gasteiger partial charge in [-0.1, -0.05) is 52.5 Å². The third kappa shape index (κ3) is 4.82. The molecule has 2 aliphatic heterocycles. The van der Waals surface area contributed by atoms with E-state index in [1.807, 2.05) is 56.3 Å². The summed E-state index contributed by atoms with van der Waals surface area (Å²) in [6.45, 7) is 12.8. The molecular weight excluding hydrogens is 448 g/mol. The molecule has 0 aromatic heterocycles. The molecule has 0 aliphatic carbocycles. The first kappa shape index (κ1) is 25.3. The molecule has 7 heteroatoms. The summed E-state index contributed by atoms with van der Waals surface area (Å²) in [5.74, 6) is 0. The lowest BCUT2D eigenvalue weighted by Crippen LogP contribution is -2.60. The van der Waals surface area contributed by atoms with Crippen LogP contribution in [0.4, 0.5) is 0 Å². The van der Waals surface area contributed by atoms with Crippen LogP contribution in [0, 0.1) is 6.92 Å². The van der Waals surface area contributed by atoms with Crippen LogP contribution in [0.2, 0.25) is 0 Å². The molecule has 0 radical (unpaired) electrons. The second-order valence-electron chi connectivity index (χ2n) is 11.3. The van der Waals surface area contributed by atoms with E-state index in [1.54, 1.807) is 12.1 Å². The van der Waals surface area contributed by atoms with E-state index in [0.29, 0.717) is 6.42 Å². The Bertz CT molecular complexity index is 1080. The highest BCUT2D eigenvalue weighted by Crippen LogP contribution is 2.45. The van der Waals surface area contributed by atoms with Gasteiger partial charge >= 0.3 is 0 Å². The van der Waals surface area contributed by atoms with E-state index in [4.69, 9.17) is 9.68 Å². The van der Waals surface area contributed by atoms with Crippen LogP contribution in [0.15, 0.2) is 59.5 Å². The highest BCUT2D eigenvalue weighted by atomic mass is 32.2. The molecule has 0 N–H and O–H groups in total. The lowest BCUT2D eigenvalue weighted by atomic mass is 9.82. The van der Waals surface area contributed by atoms with Gasteiger partial charge in [0.15, 0.2) is 0 Å². The Balaban J connectivity index is 1.67. The van der Waals surface area contributed by atoms with E-state index < -0.39 is 15.6 Å². The summed E-state index contributed by atoms with van der Waals surface area (Å²) in [7, 11) is -3.90. The molecule has 2 aliphatic rings. The molecule has 0 bridgehead atoms. The zero-order chi connectivity index (χ0) is 24.8. The second kappa shape index (κ2) is 9.03. The Kier molecular flexibility index (Phi) is 6.72. The summed E-state index contributed by atoms with van der Waals surface area (Å²) < 4.78 is 28.8. The zero-order valence-corrected chi connectivity index (χ0v) is 22.1. The Morgan fingerprint density at radius 2 is 1.53 bits per heavy atom. The zero-order valence-electron chi connectivity index (χ0n) is 21.2. The van der Waals surface area contributed by atoms with Gasteiger partial charge in [-0.15, -0.1) is 0 Å². The number of hydrogen-bond acceptors (Lipinski definition) is 5. The van der Waals surface area contributed by atoms with Crippen LogP contribution in [0.5, 0.6) is 0 Å². The summed E-state index contributed by atoms with van der Waals surface area (Å²) in [5, 5.41) is 2.08. The Hall–Kier alpha value is -1.77. The van der Waals surface area contributed by atoms with Crippen molar-refractivity contribution in [2.45, 2.75) is 94.8 Å². The summed E-state index contributed by atoms with van der Waals surface area (Å²) >= 11 is 0. The van der Waals surface area contributed by atoms with E-state index in [0.717, 1.165) is 30.4 Å². The number of hydrogen-bond donors (Lipinski definition) is 0. The van der Waals surface area contributed by atoms with Crippen molar-refractivity contribution >= 4 is 10.0 Å². The van der Waals surface area contributed by atoms with Crippen LogP contribution in [-0.2, 0) is 19.7 Å². The minimum atomic E-state index is -3.90. The van der Waals surface area contributed by atoms with Crippen LogP contribution in [0.25, 0.3) is 0 Å². The van der Waals surface area contributed by atoms with Crippen molar-refractivity contribution in [1.29, 1.82) is 0 Å². The van der Waals surface area contributed by atoms with Crippen LogP contribution in [-0.4, -0.2) is 41.2 Å². The highest BCUT2D eigenvalue weighted by Gasteiger charge is 2.53. The minimum absolute atomic E-state index is 0.142. The van der Waals surface area contributed by atoms with Crippen molar-refractivity contribution in [3.8, 4) is 0 Å². The number of rotatable bonds is 6. The number of hydroxylamine groups is 3. The van der Waals surface area contributed by atoms with Gasteiger partial charge in [-0.05, 0) is 78.5 Å². The average molecular weight is 487 g/mol. The largest absolute Gasteiger partial charge is 0.296 e. The summed E-state index contributed by atoms with van der Waals surface area (Å²) in [6.07, 6.45) is 3.32. The molecule has 2 aromatic rings. The van der Waals surface area contributed by atoms with Crippen molar-refractivity contribution in [2.75, 3.05) is 6.61 Å². The molecule has 6 nitrogen and oxygen atoms in total. The molecule has 0 spiro atoms. The average Bonchev–Trinajstić information content (AvgIpc) is 3.12. The third-order valence-electron chi connectivity index (χ3n) is 7.18. The maximum atomic E-state index is 13.8. The minimum Gasteiger partial charge on any atom is -0.296 e. The molecule has 2 atom stereocenters. The van der Waals surface area contributed by atoms with Crippen molar-refractivity contribution in [2.24, 2.45) is 0 Å². The molecule has 2 fully saturated rings. The Labute approximate surface area is 204 Å². The van der Waals surface area contributed by atoms with Crippen molar-refractivity contribution in [3.05, 3.63) is 65.7 Å². The first-order valence-electron chi connectivity index (χ1n) is 12.1. The normalized spacial score (nSPS) is 27.6. The van der Waals surface area contributed by atoms with Gasteiger partial charge in [0.05, 0.1) is 17.0 Å². The quantitative estimate of drug-likeness (QED) is 0.517. The van der Waals surface area contributed by atoms with E-state index in [2.05, 4.69) is 32.8 Å². The van der Waals surface area contributed by atoms with Gasteiger partial charge in [0.2, 0.25) is 0 Å². The topological polar surface area (TPSA) is 59.1 Å². The van der Waals surface area contributed by atoms with Gasteiger partial charge in [-0.3, -0.25) is 9.68 Å². The lowest BCUT2D eigenvalue weighted by Gasteiger charge is -2.52. The van der Waals surface area contributed by atoms with Crippen molar-refractivity contribution in [1.82, 2.24) is 9.53 Å². The van der Waals surface area contributed by atoms with Crippen LogP contribution in [0.1, 0.15) is 77.5 Å². The predicted molar refractivity (Wildman–Crippen MR) is 133 cm³/mol. The van der Waals surface area contributed by atoms with Crippen molar-refractivity contribution < 1.29 is 18.1 Å². The van der Waals surface area contributed by atoms with E-state index in [1.165, 1.54) is 4.47 Å². The van der Waals surface area contributed by atoms with Crippen molar-refractivity contribution in [3.63, 3.8) is 0 Å². The molecule has 2 heterocycles. The van der Waals surface area contributed by atoms with Gasteiger partial charge in [-0.25, -0.2) is 8.42 Å². The number of sulfonamides is 1. The van der Waals surface area contributed by atoms with Crippen LogP contribution in [0.3, 0.4) is 0 Å². The molecule has 0 unspecified atom stereocenters. The van der Waals surface area contributed by atoms with Crippen LogP contribution >= 0.6 is 0 Å². The second-order valence-corrected chi connectivity index (χ2v) is 13.1. The van der Waals surface area contributed by atoms with Gasteiger partial charge < -0.3 is 0 Å². The molecular formula is C27H38N2O4S. The molecule has 2 saturated heterocycles. The first-order chi connectivity index (χ1) is 15.9. The fourth-order valence-electron chi connectivity index (χ4n) is 5.39. The molecule has 4 rings (SSSR count).